The summed E-state index contributed by atoms with van der Waals surface area (Å²) in [5.41, 5.74) is 5.87. The summed E-state index contributed by atoms with van der Waals surface area (Å²) in [6.45, 7) is 0. The van der Waals surface area contributed by atoms with Crippen LogP contribution in [0.25, 0.3) is 0 Å². The molecule has 2 rings (SSSR count). The van der Waals surface area contributed by atoms with Crippen molar-refractivity contribution < 1.29 is 10.0 Å². The highest BCUT2D eigenvalue weighted by atomic mass is 16.6. The summed E-state index contributed by atoms with van der Waals surface area (Å²) in [6, 6.07) is 3.87. The summed E-state index contributed by atoms with van der Waals surface area (Å²) in [4.78, 5) is 10.0. The largest absolute Gasteiger partial charge is 0.502 e. The monoisotopic (exact) mass is 233 g/mol. The average Bonchev–Trinajstić information content (AvgIpc) is 3.12. The number of nitro benzene ring substituents is 1. The lowest BCUT2D eigenvalue weighted by Crippen LogP contribution is -2.13. The molecule has 0 saturated heterocycles. The van der Waals surface area contributed by atoms with Gasteiger partial charge in [0.05, 0.1) is 16.6 Å². The normalized spacial score (nSPS) is 16.2. The Morgan fingerprint density at radius 2 is 2.24 bits per heavy atom. The van der Waals surface area contributed by atoms with Crippen LogP contribution in [-0.4, -0.2) is 10.0 Å². The van der Waals surface area contributed by atoms with Crippen LogP contribution in [0.2, 0.25) is 0 Å². The minimum atomic E-state index is -0.709. The lowest BCUT2D eigenvalue weighted by Gasteiger charge is -2.12. The van der Waals surface area contributed by atoms with E-state index >= 15 is 0 Å². The van der Waals surface area contributed by atoms with Crippen LogP contribution in [0.4, 0.5) is 5.69 Å². The number of benzene rings is 1. The van der Waals surface area contributed by atoms with Crippen LogP contribution in [0.3, 0.4) is 0 Å². The molecule has 0 amide bonds. The first kappa shape index (κ1) is 11.4. The number of hydrogen-bond acceptors (Lipinski definition) is 5. The zero-order valence-electron chi connectivity index (χ0n) is 8.96. The number of nitro groups is 1. The van der Waals surface area contributed by atoms with Crippen molar-refractivity contribution >= 4 is 5.69 Å². The van der Waals surface area contributed by atoms with E-state index in [0.29, 0.717) is 5.56 Å². The Balaban J connectivity index is 2.53. The quantitative estimate of drug-likeness (QED) is 0.607. The van der Waals surface area contributed by atoms with Crippen molar-refractivity contribution in [3.8, 4) is 11.8 Å². The molecule has 1 fully saturated rings. The molecule has 0 bridgehead atoms. The molecule has 6 nitrogen and oxygen atoms in total. The lowest BCUT2D eigenvalue weighted by molar-refractivity contribution is -0.386. The number of hydrogen-bond donors (Lipinski definition) is 2. The van der Waals surface area contributed by atoms with Crippen molar-refractivity contribution in [2.75, 3.05) is 0 Å². The van der Waals surface area contributed by atoms with Gasteiger partial charge in [0, 0.05) is 17.7 Å². The standard InChI is InChI=1S/C11H11N3O3/c12-5-6-3-8(10(13)7-1-2-7)11(15)9(4-6)14(16)17/h3-4,7,10,15H,1-2,13H2/t10-/m1/s1. The fourth-order valence-corrected chi connectivity index (χ4v) is 1.81. The summed E-state index contributed by atoms with van der Waals surface area (Å²) in [5, 5.41) is 29.3. The Hall–Kier alpha value is -2.13. The van der Waals surface area contributed by atoms with E-state index in [1.807, 2.05) is 6.07 Å². The van der Waals surface area contributed by atoms with Gasteiger partial charge in [-0.05, 0) is 24.8 Å². The molecule has 3 N–H and O–H groups in total. The number of phenolic OH excluding ortho intramolecular Hbond substituents is 1. The van der Waals surface area contributed by atoms with Gasteiger partial charge in [-0.25, -0.2) is 0 Å². The summed E-state index contributed by atoms with van der Waals surface area (Å²) < 4.78 is 0. The fourth-order valence-electron chi connectivity index (χ4n) is 1.81. The van der Waals surface area contributed by atoms with Crippen molar-refractivity contribution in [2.45, 2.75) is 18.9 Å². The highest BCUT2D eigenvalue weighted by molar-refractivity contribution is 5.57. The van der Waals surface area contributed by atoms with Gasteiger partial charge in [0.15, 0.2) is 5.75 Å². The predicted octanol–water partition coefficient (Wildman–Crippen LogP) is 1.58. The maximum Gasteiger partial charge on any atom is 0.312 e. The van der Waals surface area contributed by atoms with Gasteiger partial charge in [-0.3, -0.25) is 10.1 Å². The zero-order valence-corrected chi connectivity index (χ0v) is 8.96. The molecule has 0 radical (unpaired) electrons. The number of nitriles is 1. The first-order chi connectivity index (χ1) is 8.04. The van der Waals surface area contributed by atoms with Gasteiger partial charge in [0.25, 0.3) is 0 Å². The number of rotatable bonds is 3. The number of aromatic hydroxyl groups is 1. The Labute approximate surface area is 97.4 Å². The first-order valence-electron chi connectivity index (χ1n) is 5.21. The highest BCUT2D eigenvalue weighted by Crippen LogP contribution is 2.44. The molecule has 0 aromatic heterocycles. The highest BCUT2D eigenvalue weighted by Gasteiger charge is 2.33. The molecular formula is C11H11N3O3. The molecular weight excluding hydrogens is 222 g/mol. The van der Waals surface area contributed by atoms with E-state index in [0.717, 1.165) is 18.9 Å². The molecule has 1 aromatic carbocycles. The van der Waals surface area contributed by atoms with E-state index in [1.54, 1.807) is 0 Å². The second-order valence-electron chi connectivity index (χ2n) is 4.17. The van der Waals surface area contributed by atoms with Gasteiger partial charge < -0.3 is 10.8 Å². The minimum Gasteiger partial charge on any atom is -0.502 e. The molecule has 1 saturated carbocycles. The second kappa shape index (κ2) is 4.03. The predicted molar refractivity (Wildman–Crippen MR) is 59.1 cm³/mol. The first-order valence-corrected chi connectivity index (χ1v) is 5.21. The van der Waals surface area contributed by atoms with E-state index in [2.05, 4.69) is 0 Å². The third-order valence-electron chi connectivity index (χ3n) is 2.93. The molecule has 88 valence electrons. The minimum absolute atomic E-state index is 0.139. The van der Waals surface area contributed by atoms with Gasteiger partial charge in [-0.15, -0.1) is 0 Å². The van der Waals surface area contributed by atoms with Crippen LogP contribution in [0.15, 0.2) is 12.1 Å². The smallest absolute Gasteiger partial charge is 0.312 e. The van der Waals surface area contributed by atoms with E-state index < -0.39 is 22.4 Å². The summed E-state index contributed by atoms with van der Waals surface area (Å²) in [5.74, 6) is -0.178. The Kier molecular flexibility index (Phi) is 2.69. The Morgan fingerprint density at radius 1 is 1.59 bits per heavy atom. The Bertz CT molecular complexity index is 517. The van der Waals surface area contributed by atoms with Crippen molar-refractivity contribution in [1.29, 1.82) is 5.26 Å². The van der Waals surface area contributed by atoms with Crippen molar-refractivity contribution in [2.24, 2.45) is 11.7 Å². The van der Waals surface area contributed by atoms with Gasteiger partial charge in [0.2, 0.25) is 0 Å². The van der Waals surface area contributed by atoms with E-state index in [-0.39, 0.29) is 11.5 Å². The number of nitrogens with two attached hydrogens (primary N) is 1. The molecule has 6 heteroatoms. The van der Waals surface area contributed by atoms with Crippen molar-refractivity contribution in [3.05, 3.63) is 33.4 Å². The summed E-state index contributed by atoms with van der Waals surface area (Å²) in [6.07, 6.45) is 1.90. The van der Waals surface area contributed by atoms with Crippen LogP contribution < -0.4 is 5.73 Å². The summed E-state index contributed by atoms with van der Waals surface area (Å²) >= 11 is 0. The van der Waals surface area contributed by atoms with Crippen molar-refractivity contribution in [1.82, 2.24) is 0 Å². The third kappa shape index (κ3) is 2.05. The fraction of sp³-hybridized carbons (Fsp3) is 0.364. The molecule has 1 atom stereocenters. The molecule has 0 aliphatic heterocycles. The van der Waals surface area contributed by atoms with Crippen LogP contribution in [-0.2, 0) is 0 Å². The molecule has 1 aliphatic rings. The Morgan fingerprint density at radius 3 is 2.71 bits per heavy atom. The second-order valence-corrected chi connectivity index (χ2v) is 4.17. The van der Waals surface area contributed by atoms with Gasteiger partial charge >= 0.3 is 5.69 Å². The molecule has 17 heavy (non-hydrogen) atoms. The van der Waals surface area contributed by atoms with Gasteiger partial charge in [0.1, 0.15) is 0 Å². The number of nitrogens with zero attached hydrogens (tertiary/aromatic N) is 2. The maximum absolute atomic E-state index is 10.7. The van der Waals surface area contributed by atoms with Crippen LogP contribution >= 0.6 is 0 Å². The van der Waals surface area contributed by atoms with E-state index in [1.165, 1.54) is 6.07 Å². The van der Waals surface area contributed by atoms with Gasteiger partial charge in [-0.1, -0.05) is 0 Å². The topological polar surface area (TPSA) is 113 Å². The SMILES string of the molecule is N#Cc1cc([C@H](N)C2CC2)c(O)c([N+](=O)[O-])c1. The molecule has 1 aliphatic carbocycles. The van der Waals surface area contributed by atoms with Crippen LogP contribution in [0.5, 0.6) is 5.75 Å². The maximum atomic E-state index is 10.7. The third-order valence-corrected chi connectivity index (χ3v) is 2.93. The van der Waals surface area contributed by atoms with E-state index in [4.69, 9.17) is 11.0 Å². The molecule has 0 heterocycles. The van der Waals surface area contributed by atoms with Gasteiger partial charge in [-0.2, -0.15) is 5.26 Å². The molecule has 0 spiro atoms. The molecule has 1 aromatic rings. The average molecular weight is 233 g/mol. The van der Waals surface area contributed by atoms with E-state index in [9.17, 15) is 15.2 Å². The molecule has 0 unspecified atom stereocenters. The van der Waals surface area contributed by atoms with Crippen molar-refractivity contribution in [3.63, 3.8) is 0 Å². The summed E-state index contributed by atoms with van der Waals surface area (Å²) in [7, 11) is 0. The lowest BCUT2D eigenvalue weighted by atomic mass is 9.99. The van der Waals surface area contributed by atoms with Crippen LogP contribution in [0, 0.1) is 27.4 Å². The number of phenols is 1. The zero-order chi connectivity index (χ0) is 12.6. The van der Waals surface area contributed by atoms with Crippen LogP contribution in [0.1, 0.15) is 30.0 Å².